The van der Waals surface area contributed by atoms with Crippen LogP contribution in [0.2, 0.25) is 0 Å². The third kappa shape index (κ3) is 3.57. The van der Waals surface area contributed by atoms with Gasteiger partial charge in [-0.2, -0.15) is 5.21 Å². The molecule has 3 rings (SSSR count). The number of aryl methyl sites for hydroxylation is 1. The van der Waals surface area contributed by atoms with Gasteiger partial charge in [0.2, 0.25) is 5.91 Å². The fourth-order valence-electron chi connectivity index (χ4n) is 2.31. The molecule has 1 unspecified atom stereocenters. The number of tetrazole rings is 1. The van der Waals surface area contributed by atoms with Gasteiger partial charge in [0.1, 0.15) is 5.92 Å². The van der Waals surface area contributed by atoms with Gasteiger partial charge in [0.25, 0.3) is 0 Å². The van der Waals surface area contributed by atoms with Gasteiger partial charge in [0.05, 0.1) is 0 Å². The second-order valence-electron chi connectivity index (χ2n) is 5.19. The molecule has 23 heavy (non-hydrogen) atoms. The van der Waals surface area contributed by atoms with Crippen LogP contribution in [0.5, 0.6) is 0 Å². The minimum absolute atomic E-state index is 0.176. The molecule has 0 spiro atoms. The number of pyridine rings is 1. The van der Waals surface area contributed by atoms with Crippen molar-refractivity contribution in [2.24, 2.45) is 0 Å². The van der Waals surface area contributed by atoms with Gasteiger partial charge in [-0.3, -0.25) is 9.78 Å². The predicted octanol–water partition coefficient (Wildman–Crippen LogP) is 1.87. The Bertz CT molecular complexity index is 772. The SMILES string of the molecule is Cc1ccccc1NC(=O)C(Cc1cccnc1)c1nn[nH]n1. The van der Waals surface area contributed by atoms with E-state index >= 15 is 0 Å². The van der Waals surface area contributed by atoms with Crippen LogP contribution in [0.3, 0.4) is 0 Å². The van der Waals surface area contributed by atoms with Crippen molar-refractivity contribution in [3.63, 3.8) is 0 Å². The number of nitrogens with zero attached hydrogens (tertiary/aromatic N) is 4. The molecule has 1 aromatic carbocycles. The average molecular weight is 308 g/mol. The molecule has 0 aliphatic carbocycles. The first-order chi connectivity index (χ1) is 11.2. The lowest BCUT2D eigenvalue weighted by atomic mass is 9.98. The number of carbonyl (C=O) groups is 1. The van der Waals surface area contributed by atoms with Crippen LogP contribution >= 0.6 is 0 Å². The molecule has 0 radical (unpaired) electrons. The molecule has 2 N–H and O–H groups in total. The maximum atomic E-state index is 12.7. The van der Waals surface area contributed by atoms with Gasteiger partial charge in [0, 0.05) is 18.1 Å². The minimum atomic E-state index is -0.544. The van der Waals surface area contributed by atoms with Crippen LogP contribution in [-0.4, -0.2) is 31.5 Å². The number of rotatable bonds is 5. The van der Waals surface area contributed by atoms with Crippen LogP contribution < -0.4 is 5.32 Å². The second kappa shape index (κ2) is 6.78. The molecule has 0 bridgehead atoms. The molecular formula is C16H16N6O. The summed E-state index contributed by atoms with van der Waals surface area (Å²) in [5.74, 6) is -0.359. The molecule has 1 amide bonds. The number of amides is 1. The number of H-pyrrole nitrogens is 1. The van der Waals surface area contributed by atoms with Crippen molar-refractivity contribution in [3.8, 4) is 0 Å². The molecule has 0 saturated carbocycles. The lowest BCUT2D eigenvalue weighted by molar-refractivity contribution is -0.117. The maximum Gasteiger partial charge on any atom is 0.235 e. The monoisotopic (exact) mass is 308 g/mol. The smallest absolute Gasteiger partial charge is 0.235 e. The van der Waals surface area contributed by atoms with Crippen LogP contribution in [-0.2, 0) is 11.2 Å². The number of nitrogens with one attached hydrogen (secondary N) is 2. The predicted molar refractivity (Wildman–Crippen MR) is 84.7 cm³/mol. The summed E-state index contributed by atoms with van der Waals surface area (Å²) in [7, 11) is 0. The van der Waals surface area contributed by atoms with E-state index in [0.29, 0.717) is 12.2 Å². The highest BCUT2D eigenvalue weighted by Gasteiger charge is 2.25. The van der Waals surface area contributed by atoms with E-state index in [0.717, 1.165) is 16.8 Å². The summed E-state index contributed by atoms with van der Waals surface area (Å²) in [5.41, 5.74) is 2.70. The number of benzene rings is 1. The Morgan fingerprint density at radius 2 is 2.13 bits per heavy atom. The van der Waals surface area contributed by atoms with E-state index in [1.165, 1.54) is 0 Å². The Labute approximate surface area is 133 Å². The third-order valence-electron chi connectivity index (χ3n) is 3.56. The summed E-state index contributed by atoms with van der Waals surface area (Å²) < 4.78 is 0. The summed E-state index contributed by atoms with van der Waals surface area (Å²) in [4.78, 5) is 16.8. The number of aromatic amines is 1. The van der Waals surface area contributed by atoms with Crippen LogP contribution in [0.1, 0.15) is 22.9 Å². The molecular weight excluding hydrogens is 292 g/mol. The van der Waals surface area contributed by atoms with E-state index in [-0.39, 0.29) is 5.91 Å². The topological polar surface area (TPSA) is 96.5 Å². The Morgan fingerprint density at radius 3 is 2.83 bits per heavy atom. The van der Waals surface area contributed by atoms with Gasteiger partial charge in [-0.1, -0.05) is 29.5 Å². The number of para-hydroxylation sites is 1. The number of hydrogen-bond donors (Lipinski definition) is 2. The van der Waals surface area contributed by atoms with Gasteiger partial charge < -0.3 is 5.32 Å². The fraction of sp³-hybridized carbons (Fsp3) is 0.188. The standard InChI is InChI=1S/C16H16N6O/c1-11-5-2-3-7-14(11)18-16(23)13(15-19-21-22-20-15)9-12-6-4-8-17-10-12/h2-8,10,13H,9H2,1H3,(H,18,23)(H,19,20,21,22). The molecule has 0 aliphatic rings. The Hall–Kier alpha value is -3.09. The highest BCUT2D eigenvalue weighted by molar-refractivity contribution is 5.96. The van der Waals surface area contributed by atoms with Gasteiger partial charge in [-0.25, -0.2) is 0 Å². The molecule has 0 saturated heterocycles. The van der Waals surface area contributed by atoms with E-state index in [2.05, 4.69) is 30.9 Å². The Kier molecular flexibility index (Phi) is 4.37. The number of anilines is 1. The molecule has 116 valence electrons. The molecule has 0 fully saturated rings. The van der Waals surface area contributed by atoms with Crippen molar-refractivity contribution in [1.82, 2.24) is 25.6 Å². The van der Waals surface area contributed by atoms with Gasteiger partial charge in [-0.15, -0.1) is 10.2 Å². The first-order valence-corrected chi connectivity index (χ1v) is 7.23. The van der Waals surface area contributed by atoms with Crippen molar-refractivity contribution < 1.29 is 4.79 Å². The summed E-state index contributed by atoms with van der Waals surface area (Å²) in [6.07, 6.45) is 3.87. The zero-order valence-corrected chi connectivity index (χ0v) is 12.6. The molecule has 1 atom stereocenters. The van der Waals surface area contributed by atoms with Crippen LogP contribution in [0.25, 0.3) is 0 Å². The van der Waals surface area contributed by atoms with Gasteiger partial charge >= 0.3 is 0 Å². The van der Waals surface area contributed by atoms with Crippen molar-refractivity contribution in [3.05, 3.63) is 65.7 Å². The lowest BCUT2D eigenvalue weighted by Gasteiger charge is -2.14. The van der Waals surface area contributed by atoms with E-state index in [1.54, 1.807) is 12.4 Å². The Balaban J connectivity index is 1.83. The molecule has 2 heterocycles. The second-order valence-corrected chi connectivity index (χ2v) is 5.19. The van der Waals surface area contributed by atoms with Crippen molar-refractivity contribution in [2.75, 3.05) is 5.32 Å². The quantitative estimate of drug-likeness (QED) is 0.750. The highest BCUT2D eigenvalue weighted by atomic mass is 16.1. The average Bonchev–Trinajstić information content (AvgIpc) is 3.10. The Morgan fingerprint density at radius 1 is 1.26 bits per heavy atom. The summed E-state index contributed by atoms with van der Waals surface area (Å²) >= 11 is 0. The summed E-state index contributed by atoms with van der Waals surface area (Å²) in [6.45, 7) is 1.94. The van der Waals surface area contributed by atoms with Crippen LogP contribution in [0.4, 0.5) is 5.69 Å². The molecule has 7 nitrogen and oxygen atoms in total. The van der Waals surface area contributed by atoms with E-state index in [4.69, 9.17) is 0 Å². The third-order valence-corrected chi connectivity index (χ3v) is 3.56. The van der Waals surface area contributed by atoms with E-state index < -0.39 is 5.92 Å². The van der Waals surface area contributed by atoms with Crippen molar-refractivity contribution in [1.29, 1.82) is 0 Å². The maximum absolute atomic E-state index is 12.7. The minimum Gasteiger partial charge on any atom is -0.325 e. The van der Waals surface area contributed by atoms with Gasteiger partial charge in [0.15, 0.2) is 5.82 Å². The van der Waals surface area contributed by atoms with Gasteiger partial charge in [-0.05, 0) is 36.6 Å². The zero-order valence-electron chi connectivity index (χ0n) is 12.6. The number of aromatic nitrogens is 5. The van der Waals surface area contributed by atoms with Crippen molar-refractivity contribution in [2.45, 2.75) is 19.3 Å². The normalized spacial score (nSPS) is 11.9. The molecule has 7 heteroatoms. The first kappa shape index (κ1) is 14.8. The largest absolute Gasteiger partial charge is 0.325 e. The van der Waals surface area contributed by atoms with E-state index in [1.807, 2.05) is 43.3 Å². The molecule has 3 aromatic rings. The zero-order chi connectivity index (χ0) is 16.1. The molecule has 0 aliphatic heterocycles. The summed E-state index contributed by atoms with van der Waals surface area (Å²) in [6, 6.07) is 11.4. The molecule has 2 aromatic heterocycles. The fourth-order valence-corrected chi connectivity index (χ4v) is 2.31. The van der Waals surface area contributed by atoms with E-state index in [9.17, 15) is 4.79 Å². The number of carbonyl (C=O) groups excluding carboxylic acids is 1. The number of hydrogen-bond acceptors (Lipinski definition) is 5. The lowest BCUT2D eigenvalue weighted by Crippen LogP contribution is -2.24. The van der Waals surface area contributed by atoms with Crippen LogP contribution in [0, 0.1) is 6.92 Å². The first-order valence-electron chi connectivity index (χ1n) is 7.23. The highest BCUT2D eigenvalue weighted by Crippen LogP contribution is 2.21. The van der Waals surface area contributed by atoms with Crippen molar-refractivity contribution >= 4 is 11.6 Å². The van der Waals surface area contributed by atoms with Crippen LogP contribution in [0.15, 0.2) is 48.8 Å². The summed E-state index contributed by atoms with van der Waals surface area (Å²) in [5, 5.41) is 16.8.